The molecule has 4 nitrogen and oxygen atoms in total. The van der Waals surface area contributed by atoms with Crippen LogP contribution in [0.5, 0.6) is 0 Å². The third-order valence-electron chi connectivity index (χ3n) is 3.12. The Kier molecular flexibility index (Phi) is 4.82. The summed E-state index contributed by atoms with van der Waals surface area (Å²) >= 11 is 4.53. The number of thiophene rings is 1. The second-order valence-electron chi connectivity index (χ2n) is 4.49. The van der Waals surface area contributed by atoms with Crippen LogP contribution in [0, 0.1) is 0 Å². The SMILES string of the molecule is CN(CC1CCCCN1)S(=O)(=O)c1sccc1Br. The van der Waals surface area contributed by atoms with Gasteiger partial charge in [0.1, 0.15) is 4.21 Å². The van der Waals surface area contributed by atoms with Crippen LogP contribution < -0.4 is 5.32 Å². The van der Waals surface area contributed by atoms with Crippen molar-refractivity contribution in [3.05, 3.63) is 15.9 Å². The van der Waals surface area contributed by atoms with Crippen molar-refractivity contribution in [1.29, 1.82) is 0 Å². The number of likely N-dealkylation sites (N-methyl/N-ethyl adjacent to an activating group) is 1. The Morgan fingerprint density at radius 2 is 2.33 bits per heavy atom. The predicted molar refractivity (Wildman–Crippen MR) is 77.5 cm³/mol. The van der Waals surface area contributed by atoms with Gasteiger partial charge in [-0.3, -0.25) is 0 Å². The van der Waals surface area contributed by atoms with Gasteiger partial charge in [-0.25, -0.2) is 8.42 Å². The maximum absolute atomic E-state index is 12.4. The van der Waals surface area contributed by atoms with E-state index in [0.717, 1.165) is 13.0 Å². The van der Waals surface area contributed by atoms with Gasteiger partial charge in [0.15, 0.2) is 0 Å². The number of halogens is 1. The highest BCUT2D eigenvalue weighted by atomic mass is 79.9. The lowest BCUT2D eigenvalue weighted by Crippen LogP contribution is -2.44. The largest absolute Gasteiger partial charge is 0.313 e. The molecule has 0 radical (unpaired) electrons. The fraction of sp³-hybridized carbons (Fsp3) is 0.636. The second kappa shape index (κ2) is 6.00. The number of sulfonamides is 1. The topological polar surface area (TPSA) is 49.4 Å². The molecule has 1 aromatic rings. The highest BCUT2D eigenvalue weighted by Crippen LogP contribution is 2.30. The molecule has 0 aliphatic carbocycles. The smallest absolute Gasteiger partial charge is 0.253 e. The first kappa shape index (κ1) is 14.5. The first-order chi connectivity index (χ1) is 8.51. The third-order valence-corrected chi connectivity index (χ3v) is 7.59. The number of hydrogen-bond acceptors (Lipinski definition) is 4. The van der Waals surface area contributed by atoms with Crippen molar-refractivity contribution in [3.8, 4) is 0 Å². The monoisotopic (exact) mass is 352 g/mol. The zero-order chi connectivity index (χ0) is 13.2. The Labute approximate surface area is 121 Å². The van der Waals surface area contributed by atoms with Crippen LogP contribution >= 0.6 is 27.3 Å². The second-order valence-corrected chi connectivity index (χ2v) is 8.50. The van der Waals surface area contributed by atoms with Gasteiger partial charge in [-0.1, -0.05) is 6.42 Å². The predicted octanol–water partition coefficient (Wildman–Crippen LogP) is 2.27. The first-order valence-corrected chi connectivity index (χ1v) is 9.06. The molecular weight excluding hydrogens is 336 g/mol. The molecule has 1 unspecified atom stereocenters. The molecule has 1 atom stereocenters. The summed E-state index contributed by atoms with van der Waals surface area (Å²) in [5.41, 5.74) is 0. The molecule has 0 spiro atoms. The van der Waals surface area contributed by atoms with E-state index in [4.69, 9.17) is 0 Å². The van der Waals surface area contributed by atoms with Gasteiger partial charge < -0.3 is 5.32 Å². The Morgan fingerprint density at radius 1 is 1.56 bits per heavy atom. The zero-order valence-corrected chi connectivity index (χ0v) is 13.4. The van der Waals surface area contributed by atoms with Crippen molar-refractivity contribution < 1.29 is 8.42 Å². The van der Waals surface area contributed by atoms with E-state index >= 15 is 0 Å². The lowest BCUT2D eigenvalue weighted by molar-refractivity contribution is 0.338. The van der Waals surface area contributed by atoms with E-state index in [1.807, 2.05) is 0 Å². The fourth-order valence-corrected chi connectivity index (χ4v) is 5.81. The Hall–Kier alpha value is 0.0500. The summed E-state index contributed by atoms with van der Waals surface area (Å²) in [6.07, 6.45) is 3.41. The van der Waals surface area contributed by atoms with Crippen LogP contribution in [0.2, 0.25) is 0 Å². The van der Waals surface area contributed by atoms with E-state index in [9.17, 15) is 8.42 Å². The summed E-state index contributed by atoms with van der Waals surface area (Å²) in [6.45, 7) is 1.52. The lowest BCUT2D eigenvalue weighted by atomic mass is 10.1. The van der Waals surface area contributed by atoms with Crippen molar-refractivity contribution in [2.24, 2.45) is 0 Å². The average molecular weight is 353 g/mol. The number of hydrogen-bond donors (Lipinski definition) is 1. The Bertz CT molecular complexity index is 495. The van der Waals surface area contributed by atoms with Gasteiger partial charge in [-0.15, -0.1) is 11.3 Å². The molecule has 102 valence electrons. The Morgan fingerprint density at radius 3 is 2.89 bits per heavy atom. The molecule has 1 fully saturated rings. The first-order valence-electron chi connectivity index (χ1n) is 5.94. The number of nitrogens with one attached hydrogen (secondary N) is 1. The van der Waals surface area contributed by atoms with Gasteiger partial charge in [0.25, 0.3) is 10.0 Å². The minimum atomic E-state index is -3.36. The summed E-state index contributed by atoms with van der Waals surface area (Å²) in [5.74, 6) is 0. The summed E-state index contributed by atoms with van der Waals surface area (Å²) in [5, 5.41) is 5.15. The molecule has 0 aromatic carbocycles. The molecule has 1 aliphatic rings. The van der Waals surface area contributed by atoms with Crippen molar-refractivity contribution in [3.63, 3.8) is 0 Å². The standard InChI is InChI=1S/C11H17BrN2O2S2/c1-14(8-9-4-2-3-6-13-9)18(15,16)11-10(12)5-7-17-11/h5,7,9,13H,2-4,6,8H2,1H3. The van der Waals surface area contributed by atoms with Crippen molar-refractivity contribution in [2.75, 3.05) is 20.1 Å². The maximum Gasteiger partial charge on any atom is 0.253 e. The molecule has 2 rings (SSSR count). The van der Waals surface area contributed by atoms with Gasteiger partial charge in [0, 0.05) is 24.1 Å². The highest BCUT2D eigenvalue weighted by molar-refractivity contribution is 9.10. The number of rotatable bonds is 4. The van der Waals surface area contributed by atoms with Gasteiger partial charge in [0.2, 0.25) is 0 Å². The van der Waals surface area contributed by atoms with Gasteiger partial charge in [-0.05, 0) is 46.8 Å². The average Bonchev–Trinajstić information content (AvgIpc) is 2.77. The van der Waals surface area contributed by atoms with E-state index in [2.05, 4.69) is 21.2 Å². The van der Waals surface area contributed by atoms with Gasteiger partial charge >= 0.3 is 0 Å². The molecule has 0 amide bonds. The van der Waals surface area contributed by atoms with Crippen LogP contribution in [0.4, 0.5) is 0 Å². The van der Waals surface area contributed by atoms with E-state index in [-0.39, 0.29) is 6.04 Å². The third kappa shape index (κ3) is 3.14. The van der Waals surface area contributed by atoms with Crippen LogP contribution in [-0.4, -0.2) is 38.9 Å². The van der Waals surface area contributed by atoms with Crippen LogP contribution in [-0.2, 0) is 10.0 Å². The zero-order valence-electron chi connectivity index (χ0n) is 10.2. The van der Waals surface area contributed by atoms with Crippen LogP contribution in [0.15, 0.2) is 20.1 Å². The molecule has 18 heavy (non-hydrogen) atoms. The summed E-state index contributed by atoms with van der Waals surface area (Å²) in [7, 11) is -1.71. The van der Waals surface area contributed by atoms with Gasteiger partial charge in [-0.2, -0.15) is 4.31 Å². The van der Waals surface area contributed by atoms with E-state index in [0.29, 0.717) is 15.2 Å². The molecule has 2 heterocycles. The normalized spacial score (nSPS) is 21.4. The minimum Gasteiger partial charge on any atom is -0.313 e. The molecule has 0 saturated carbocycles. The van der Waals surface area contributed by atoms with Crippen LogP contribution in [0.25, 0.3) is 0 Å². The van der Waals surface area contributed by atoms with Crippen LogP contribution in [0.1, 0.15) is 19.3 Å². The van der Waals surface area contributed by atoms with Crippen molar-refractivity contribution in [1.82, 2.24) is 9.62 Å². The Balaban J connectivity index is 2.08. The summed E-state index contributed by atoms with van der Waals surface area (Å²) in [4.78, 5) is 0. The summed E-state index contributed by atoms with van der Waals surface area (Å²) < 4.78 is 27.2. The van der Waals surface area contributed by atoms with E-state index < -0.39 is 10.0 Å². The molecule has 1 aromatic heterocycles. The molecule has 1 saturated heterocycles. The molecule has 1 N–H and O–H groups in total. The maximum atomic E-state index is 12.4. The van der Waals surface area contributed by atoms with E-state index in [1.165, 1.54) is 28.5 Å². The molecule has 7 heteroatoms. The highest BCUT2D eigenvalue weighted by Gasteiger charge is 2.27. The quantitative estimate of drug-likeness (QED) is 0.904. The molecule has 0 bridgehead atoms. The summed E-state index contributed by atoms with van der Waals surface area (Å²) in [6, 6.07) is 2.04. The number of nitrogens with zero attached hydrogens (tertiary/aromatic N) is 1. The van der Waals surface area contributed by atoms with Crippen molar-refractivity contribution in [2.45, 2.75) is 29.5 Å². The fourth-order valence-electron chi connectivity index (χ4n) is 2.09. The molecular formula is C11H17BrN2O2S2. The molecule has 1 aliphatic heterocycles. The van der Waals surface area contributed by atoms with E-state index in [1.54, 1.807) is 18.5 Å². The minimum absolute atomic E-state index is 0.275. The van der Waals surface area contributed by atoms with Gasteiger partial charge in [0.05, 0.1) is 0 Å². The van der Waals surface area contributed by atoms with Crippen LogP contribution in [0.3, 0.4) is 0 Å². The lowest BCUT2D eigenvalue weighted by Gasteiger charge is -2.27. The van der Waals surface area contributed by atoms with Crippen molar-refractivity contribution >= 4 is 37.3 Å². The number of piperidine rings is 1.